The van der Waals surface area contributed by atoms with Gasteiger partial charge in [0.1, 0.15) is 6.10 Å². The van der Waals surface area contributed by atoms with Gasteiger partial charge in [0.05, 0.1) is 18.2 Å². The zero-order chi connectivity index (χ0) is 10.2. The molecule has 4 nitrogen and oxygen atoms in total. The molecule has 0 spiro atoms. The predicted molar refractivity (Wildman–Crippen MR) is 53.5 cm³/mol. The van der Waals surface area contributed by atoms with Crippen molar-refractivity contribution in [1.29, 1.82) is 0 Å². The molecule has 1 heterocycles. The smallest absolute Gasteiger partial charge is 0.102 e. The first kappa shape index (κ1) is 9.68. The standard InChI is InChI=1S/C10H17N3O/c1-13-7-12-5-8(13)9(14)10(6-11)3-2-4-10/h5,7,9,14H,2-4,6,11H2,1H3. The molecule has 0 amide bonds. The van der Waals surface area contributed by atoms with E-state index in [-0.39, 0.29) is 5.41 Å². The van der Waals surface area contributed by atoms with Crippen LogP contribution in [0, 0.1) is 5.41 Å². The van der Waals surface area contributed by atoms with Gasteiger partial charge in [0.25, 0.3) is 0 Å². The highest BCUT2D eigenvalue weighted by atomic mass is 16.3. The van der Waals surface area contributed by atoms with E-state index in [9.17, 15) is 5.11 Å². The zero-order valence-electron chi connectivity index (χ0n) is 8.48. The maximum Gasteiger partial charge on any atom is 0.102 e. The average molecular weight is 195 g/mol. The van der Waals surface area contributed by atoms with Crippen LogP contribution in [0.3, 0.4) is 0 Å². The maximum atomic E-state index is 10.2. The molecule has 0 saturated heterocycles. The molecule has 0 radical (unpaired) electrons. The minimum atomic E-state index is -0.464. The molecule has 1 atom stereocenters. The van der Waals surface area contributed by atoms with Gasteiger partial charge in [0.15, 0.2) is 0 Å². The largest absolute Gasteiger partial charge is 0.386 e. The van der Waals surface area contributed by atoms with Crippen molar-refractivity contribution in [3.8, 4) is 0 Å². The molecule has 14 heavy (non-hydrogen) atoms. The van der Waals surface area contributed by atoms with Gasteiger partial charge < -0.3 is 15.4 Å². The Bertz CT molecular complexity index is 311. The van der Waals surface area contributed by atoms with Gasteiger partial charge in [0, 0.05) is 19.0 Å². The van der Waals surface area contributed by atoms with E-state index in [4.69, 9.17) is 5.73 Å². The number of aromatic nitrogens is 2. The molecule has 1 aliphatic rings. The number of hydrogen-bond acceptors (Lipinski definition) is 3. The van der Waals surface area contributed by atoms with Gasteiger partial charge in [-0.25, -0.2) is 4.98 Å². The van der Waals surface area contributed by atoms with Crippen LogP contribution in [0.2, 0.25) is 0 Å². The van der Waals surface area contributed by atoms with Crippen molar-refractivity contribution in [2.75, 3.05) is 6.54 Å². The third-order valence-electron chi connectivity index (χ3n) is 3.47. The molecule has 1 aromatic heterocycles. The second-order valence-electron chi connectivity index (χ2n) is 4.25. The minimum Gasteiger partial charge on any atom is -0.386 e. The molecule has 0 aliphatic heterocycles. The van der Waals surface area contributed by atoms with Gasteiger partial charge in [0.2, 0.25) is 0 Å². The SMILES string of the molecule is Cn1cncc1C(O)C1(CN)CCC1. The first-order valence-electron chi connectivity index (χ1n) is 5.04. The summed E-state index contributed by atoms with van der Waals surface area (Å²) in [5.74, 6) is 0. The molecule has 1 aromatic rings. The van der Waals surface area contributed by atoms with Crippen molar-refractivity contribution in [2.24, 2.45) is 18.2 Å². The van der Waals surface area contributed by atoms with Crippen molar-refractivity contribution >= 4 is 0 Å². The molecule has 1 fully saturated rings. The van der Waals surface area contributed by atoms with Crippen LogP contribution >= 0.6 is 0 Å². The normalized spacial score (nSPS) is 21.6. The molecular formula is C10H17N3O. The lowest BCUT2D eigenvalue weighted by Crippen LogP contribution is -2.43. The third-order valence-corrected chi connectivity index (χ3v) is 3.47. The molecule has 78 valence electrons. The van der Waals surface area contributed by atoms with E-state index in [1.165, 1.54) is 6.42 Å². The van der Waals surface area contributed by atoms with Crippen molar-refractivity contribution < 1.29 is 5.11 Å². The van der Waals surface area contributed by atoms with Crippen molar-refractivity contribution in [2.45, 2.75) is 25.4 Å². The van der Waals surface area contributed by atoms with E-state index in [0.29, 0.717) is 6.54 Å². The molecule has 4 heteroatoms. The van der Waals surface area contributed by atoms with Gasteiger partial charge in [-0.2, -0.15) is 0 Å². The Morgan fingerprint density at radius 1 is 1.71 bits per heavy atom. The molecule has 0 aromatic carbocycles. The fraction of sp³-hybridized carbons (Fsp3) is 0.700. The number of aliphatic hydroxyl groups is 1. The van der Waals surface area contributed by atoms with Gasteiger partial charge in [-0.05, 0) is 12.8 Å². The van der Waals surface area contributed by atoms with E-state index in [1.54, 1.807) is 12.5 Å². The van der Waals surface area contributed by atoms with Crippen LogP contribution in [-0.2, 0) is 7.05 Å². The number of nitrogens with zero attached hydrogens (tertiary/aromatic N) is 2. The van der Waals surface area contributed by atoms with Crippen LogP contribution in [0.15, 0.2) is 12.5 Å². The molecule has 1 saturated carbocycles. The van der Waals surface area contributed by atoms with Crippen LogP contribution in [-0.4, -0.2) is 21.2 Å². The highest BCUT2D eigenvalue weighted by molar-refractivity contribution is 5.10. The Labute approximate surface area is 83.8 Å². The summed E-state index contributed by atoms with van der Waals surface area (Å²) < 4.78 is 1.86. The lowest BCUT2D eigenvalue weighted by molar-refractivity contribution is -0.0337. The van der Waals surface area contributed by atoms with E-state index < -0.39 is 6.10 Å². The number of hydrogen-bond donors (Lipinski definition) is 2. The molecule has 1 unspecified atom stereocenters. The Balaban J connectivity index is 2.22. The first-order valence-corrected chi connectivity index (χ1v) is 5.04. The van der Waals surface area contributed by atoms with Gasteiger partial charge in [-0.15, -0.1) is 0 Å². The molecule has 1 aliphatic carbocycles. The van der Waals surface area contributed by atoms with Crippen LogP contribution in [0.4, 0.5) is 0 Å². The average Bonchev–Trinajstić information content (AvgIpc) is 2.50. The van der Waals surface area contributed by atoms with Crippen LogP contribution in [0.25, 0.3) is 0 Å². The highest BCUT2D eigenvalue weighted by Gasteiger charge is 2.43. The Kier molecular flexibility index (Phi) is 2.33. The van der Waals surface area contributed by atoms with Crippen molar-refractivity contribution in [3.63, 3.8) is 0 Å². The van der Waals surface area contributed by atoms with Crippen LogP contribution in [0.1, 0.15) is 31.1 Å². The molecule has 3 N–H and O–H groups in total. The van der Waals surface area contributed by atoms with E-state index >= 15 is 0 Å². The number of rotatable bonds is 3. The number of aryl methyl sites for hydroxylation is 1. The lowest BCUT2D eigenvalue weighted by Gasteiger charge is -2.44. The van der Waals surface area contributed by atoms with Gasteiger partial charge >= 0.3 is 0 Å². The summed E-state index contributed by atoms with van der Waals surface area (Å²) in [6.07, 6.45) is 6.19. The lowest BCUT2D eigenvalue weighted by atomic mass is 9.64. The number of imidazole rings is 1. The Morgan fingerprint density at radius 2 is 2.43 bits per heavy atom. The van der Waals surface area contributed by atoms with Crippen LogP contribution < -0.4 is 5.73 Å². The van der Waals surface area contributed by atoms with Gasteiger partial charge in [-0.1, -0.05) is 6.42 Å². The number of aliphatic hydroxyl groups excluding tert-OH is 1. The summed E-state index contributed by atoms with van der Waals surface area (Å²) >= 11 is 0. The predicted octanol–water partition coefficient (Wildman–Crippen LogP) is 0.582. The van der Waals surface area contributed by atoms with E-state index in [1.807, 2.05) is 11.6 Å². The second-order valence-corrected chi connectivity index (χ2v) is 4.25. The van der Waals surface area contributed by atoms with Crippen LogP contribution in [0.5, 0.6) is 0 Å². The van der Waals surface area contributed by atoms with Gasteiger partial charge in [-0.3, -0.25) is 0 Å². The Morgan fingerprint density at radius 3 is 2.79 bits per heavy atom. The van der Waals surface area contributed by atoms with Crippen molar-refractivity contribution in [1.82, 2.24) is 9.55 Å². The first-order chi connectivity index (χ1) is 6.69. The fourth-order valence-corrected chi connectivity index (χ4v) is 2.16. The number of nitrogens with two attached hydrogens (primary N) is 1. The topological polar surface area (TPSA) is 64.1 Å². The molecular weight excluding hydrogens is 178 g/mol. The minimum absolute atomic E-state index is 0.0895. The van der Waals surface area contributed by atoms with Crippen molar-refractivity contribution in [3.05, 3.63) is 18.2 Å². The van der Waals surface area contributed by atoms with E-state index in [0.717, 1.165) is 18.5 Å². The maximum absolute atomic E-state index is 10.2. The molecule has 2 rings (SSSR count). The summed E-state index contributed by atoms with van der Waals surface area (Å²) in [5.41, 5.74) is 6.52. The monoisotopic (exact) mass is 195 g/mol. The quantitative estimate of drug-likeness (QED) is 0.741. The molecule has 0 bridgehead atoms. The summed E-state index contributed by atoms with van der Waals surface area (Å²) in [6.45, 7) is 0.555. The summed E-state index contributed by atoms with van der Waals surface area (Å²) in [5, 5.41) is 10.2. The summed E-state index contributed by atoms with van der Waals surface area (Å²) in [4.78, 5) is 4.01. The second kappa shape index (κ2) is 3.37. The fourth-order valence-electron chi connectivity index (χ4n) is 2.16. The highest BCUT2D eigenvalue weighted by Crippen LogP contribution is 2.49. The van der Waals surface area contributed by atoms with E-state index in [2.05, 4.69) is 4.98 Å². The Hall–Kier alpha value is -0.870. The third kappa shape index (κ3) is 1.26. The summed E-state index contributed by atoms with van der Waals surface area (Å²) in [7, 11) is 1.90. The zero-order valence-corrected chi connectivity index (χ0v) is 8.48. The summed E-state index contributed by atoms with van der Waals surface area (Å²) in [6, 6.07) is 0.